The smallest absolute Gasteiger partial charge is 0.254 e. The van der Waals surface area contributed by atoms with E-state index in [9.17, 15) is 9.18 Å². The largest absolute Gasteiger partial charge is 0.472 e. The van der Waals surface area contributed by atoms with E-state index >= 15 is 0 Å². The van der Waals surface area contributed by atoms with Crippen LogP contribution in [0, 0.1) is 5.82 Å². The molecular weight excluding hydrogens is 357 g/mol. The average molecular weight is 381 g/mol. The summed E-state index contributed by atoms with van der Waals surface area (Å²) in [7, 11) is 0. The molecule has 0 N–H and O–H groups in total. The predicted molar refractivity (Wildman–Crippen MR) is 107 cm³/mol. The summed E-state index contributed by atoms with van der Waals surface area (Å²) in [5, 5.41) is 4.50. The topological polar surface area (TPSA) is 47.4 Å². The lowest BCUT2D eigenvalue weighted by atomic mass is 10.1. The lowest BCUT2D eigenvalue weighted by Gasteiger charge is -2.33. The fourth-order valence-corrected chi connectivity index (χ4v) is 3.17. The van der Waals surface area contributed by atoms with Gasteiger partial charge in [-0.15, -0.1) is 5.10 Å². The van der Waals surface area contributed by atoms with Crippen molar-refractivity contribution in [2.24, 2.45) is 0 Å². The molecule has 0 radical (unpaired) electrons. The van der Waals surface area contributed by atoms with Crippen LogP contribution >= 0.6 is 0 Å². The van der Waals surface area contributed by atoms with Crippen LogP contribution in [-0.4, -0.2) is 33.2 Å². The van der Waals surface area contributed by atoms with Gasteiger partial charge in [0.15, 0.2) is 0 Å². The first kappa shape index (κ1) is 19.6. The van der Waals surface area contributed by atoms with Crippen molar-refractivity contribution >= 4 is 5.91 Å². The highest BCUT2D eigenvalue weighted by Gasteiger charge is 2.29. The average Bonchev–Trinajstić information content (AvgIpc) is 3.07. The van der Waals surface area contributed by atoms with Gasteiger partial charge in [0.25, 0.3) is 5.91 Å². The van der Waals surface area contributed by atoms with Crippen LogP contribution in [0.5, 0.6) is 5.88 Å². The Balaban J connectivity index is 1.72. The third-order valence-electron chi connectivity index (χ3n) is 4.59. The quantitative estimate of drug-likeness (QED) is 0.707. The maximum absolute atomic E-state index is 13.1. The number of carbonyl (C=O) groups excluding carboxylic acids is 1. The molecule has 0 saturated heterocycles. The highest BCUT2D eigenvalue weighted by molar-refractivity contribution is 5.94. The van der Waals surface area contributed by atoms with Crippen molar-refractivity contribution in [2.75, 3.05) is 6.61 Å². The molecule has 0 aliphatic carbocycles. The number of halogens is 1. The van der Waals surface area contributed by atoms with E-state index in [0.717, 1.165) is 11.3 Å². The SMILES string of the molecule is C=C/C=C(\C=C/C)COc1cc2n(n1)C[C@@H](C)N(C(=O)c1ccc(F)cc1)C2. The third-order valence-corrected chi connectivity index (χ3v) is 4.59. The van der Waals surface area contributed by atoms with Crippen LogP contribution < -0.4 is 4.74 Å². The first-order chi connectivity index (χ1) is 13.5. The van der Waals surface area contributed by atoms with Crippen molar-refractivity contribution in [1.82, 2.24) is 14.7 Å². The van der Waals surface area contributed by atoms with Gasteiger partial charge in [0, 0.05) is 17.7 Å². The van der Waals surface area contributed by atoms with E-state index in [-0.39, 0.29) is 17.8 Å². The molecule has 0 fully saturated rings. The summed E-state index contributed by atoms with van der Waals surface area (Å²) >= 11 is 0. The number of hydrogen-bond donors (Lipinski definition) is 0. The molecule has 0 unspecified atom stereocenters. The molecule has 1 aliphatic heterocycles. The minimum atomic E-state index is -0.356. The zero-order valence-corrected chi connectivity index (χ0v) is 16.1. The van der Waals surface area contributed by atoms with E-state index in [0.29, 0.717) is 31.1 Å². The van der Waals surface area contributed by atoms with Gasteiger partial charge in [-0.05, 0) is 43.7 Å². The Labute approximate surface area is 164 Å². The summed E-state index contributed by atoms with van der Waals surface area (Å²) < 4.78 is 20.8. The van der Waals surface area contributed by atoms with E-state index in [4.69, 9.17) is 4.74 Å². The van der Waals surface area contributed by atoms with Crippen LogP contribution in [-0.2, 0) is 13.1 Å². The molecule has 0 bridgehead atoms. The van der Waals surface area contributed by atoms with E-state index in [1.807, 2.05) is 42.8 Å². The third kappa shape index (κ3) is 4.39. The predicted octanol–water partition coefficient (Wildman–Crippen LogP) is 4.13. The minimum Gasteiger partial charge on any atom is -0.472 e. The molecular formula is C22H24FN3O2. The molecule has 1 amide bonds. The molecule has 2 aromatic rings. The van der Waals surface area contributed by atoms with Crippen molar-refractivity contribution in [1.29, 1.82) is 0 Å². The highest BCUT2D eigenvalue weighted by Crippen LogP contribution is 2.23. The Morgan fingerprint density at radius 1 is 1.39 bits per heavy atom. The zero-order valence-electron chi connectivity index (χ0n) is 16.1. The van der Waals surface area contributed by atoms with Gasteiger partial charge in [0.2, 0.25) is 5.88 Å². The number of hydrogen-bond acceptors (Lipinski definition) is 3. The number of aromatic nitrogens is 2. The van der Waals surface area contributed by atoms with Gasteiger partial charge in [0.05, 0.1) is 18.8 Å². The number of allylic oxidation sites excluding steroid dienone is 3. The summed E-state index contributed by atoms with van der Waals surface area (Å²) in [6.07, 6.45) is 7.51. The number of amides is 1. The van der Waals surface area contributed by atoms with Crippen LogP contribution in [0.4, 0.5) is 4.39 Å². The van der Waals surface area contributed by atoms with Gasteiger partial charge in [-0.25, -0.2) is 4.39 Å². The number of ether oxygens (including phenoxy) is 1. The van der Waals surface area contributed by atoms with Crippen molar-refractivity contribution in [3.05, 3.63) is 83.9 Å². The second kappa shape index (κ2) is 8.69. The Morgan fingerprint density at radius 2 is 2.14 bits per heavy atom. The molecule has 28 heavy (non-hydrogen) atoms. The number of fused-ring (bicyclic) bond motifs is 1. The first-order valence-corrected chi connectivity index (χ1v) is 9.22. The molecule has 1 atom stereocenters. The molecule has 1 aliphatic rings. The Hall–Kier alpha value is -3.15. The van der Waals surface area contributed by atoms with Gasteiger partial charge in [0.1, 0.15) is 12.4 Å². The van der Waals surface area contributed by atoms with E-state index in [1.54, 1.807) is 11.0 Å². The summed E-state index contributed by atoms with van der Waals surface area (Å²) in [5.41, 5.74) is 2.37. The maximum Gasteiger partial charge on any atom is 0.254 e. The summed E-state index contributed by atoms with van der Waals surface area (Å²) in [6.45, 7) is 9.03. The van der Waals surface area contributed by atoms with E-state index < -0.39 is 0 Å². The fraction of sp³-hybridized carbons (Fsp3) is 0.273. The lowest BCUT2D eigenvalue weighted by molar-refractivity contribution is 0.0606. The zero-order chi connectivity index (χ0) is 20.1. The molecule has 0 spiro atoms. The van der Waals surface area contributed by atoms with Gasteiger partial charge in [-0.2, -0.15) is 0 Å². The maximum atomic E-state index is 13.1. The number of rotatable bonds is 6. The second-order valence-electron chi connectivity index (χ2n) is 6.71. The Morgan fingerprint density at radius 3 is 2.82 bits per heavy atom. The fourth-order valence-electron chi connectivity index (χ4n) is 3.17. The molecule has 1 aromatic heterocycles. The van der Waals surface area contributed by atoms with Crippen LogP contribution in [0.3, 0.4) is 0 Å². The standard InChI is InChI=1S/C22H24FN3O2/c1-4-6-17(7-5-2)15-28-21-12-20-14-25(16(3)13-26(20)24-21)22(27)18-8-10-19(23)11-9-18/h4-12,16H,1,13-15H2,2-3H3/b7-5-,17-6+/t16-/m1/s1. The highest BCUT2D eigenvalue weighted by atomic mass is 19.1. The van der Waals surface area contributed by atoms with Gasteiger partial charge < -0.3 is 9.64 Å². The number of carbonyl (C=O) groups is 1. The van der Waals surface area contributed by atoms with Crippen molar-refractivity contribution < 1.29 is 13.9 Å². The summed E-state index contributed by atoms with van der Waals surface area (Å²) in [5.74, 6) is 0.0513. The Bertz CT molecular complexity index is 912. The minimum absolute atomic E-state index is 0.0305. The normalized spacial score (nSPS) is 16.9. The van der Waals surface area contributed by atoms with Gasteiger partial charge in [-0.3, -0.25) is 9.48 Å². The summed E-state index contributed by atoms with van der Waals surface area (Å²) in [6, 6.07) is 7.46. The first-order valence-electron chi connectivity index (χ1n) is 9.22. The monoisotopic (exact) mass is 381 g/mol. The van der Waals surface area contributed by atoms with Crippen LogP contribution in [0.1, 0.15) is 29.9 Å². The van der Waals surface area contributed by atoms with E-state index in [2.05, 4.69) is 11.7 Å². The van der Waals surface area contributed by atoms with Crippen molar-refractivity contribution in [2.45, 2.75) is 33.0 Å². The van der Waals surface area contributed by atoms with Crippen LogP contribution in [0.25, 0.3) is 0 Å². The second-order valence-corrected chi connectivity index (χ2v) is 6.71. The molecule has 146 valence electrons. The van der Waals surface area contributed by atoms with Crippen molar-refractivity contribution in [3.8, 4) is 5.88 Å². The van der Waals surface area contributed by atoms with E-state index in [1.165, 1.54) is 24.3 Å². The molecule has 2 heterocycles. The number of benzene rings is 1. The molecule has 0 saturated carbocycles. The Kier molecular flexibility index (Phi) is 6.09. The van der Waals surface area contributed by atoms with Crippen molar-refractivity contribution in [3.63, 3.8) is 0 Å². The summed E-state index contributed by atoms with van der Waals surface area (Å²) in [4.78, 5) is 14.6. The van der Waals surface area contributed by atoms with Gasteiger partial charge in [-0.1, -0.05) is 30.9 Å². The van der Waals surface area contributed by atoms with Crippen LogP contribution in [0.2, 0.25) is 0 Å². The lowest BCUT2D eigenvalue weighted by Crippen LogP contribution is -2.44. The molecule has 3 rings (SSSR count). The van der Waals surface area contributed by atoms with Crippen LogP contribution in [0.15, 0.2) is 66.8 Å². The molecule has 5 nitrogen and oxygen atoms in total. The molecule has 6 heteroatoms. The van der Waals surface area contributed by atoms with Gasteiger partial charge >= 0.3 is 0 Å². The number of nitrogens with zero attached hydrogens (tertiary/aromatic N) is 3. The molecule has 1 aromatic carbocycles.